The molecular weight excluding hydrogens is 430 g/mol. The van der Waals surface area contributed by atoms with Crippen molar-refractivity contribution in [1.82, 2.24) is 5.32 Å². The summed E-state index contributed by atoms with van der Waals surface area (Å²) in [5.74, 6) is -2.39. The predicted octanol–water partition coefficient (Wildman–Crippen LogP) is 3.32. The van der Waals surface area contributed by atoms with Gasteiger partial charge in [0.05, 0.1) is 11.6 Å². The molecule has 0 saturated heterocycles. The number of anilines is 2. The molecular formula is C27H27N3O4. The highest BCUT2D eigenvalue weighted by Crippen LogP contribution is 2.44. The molecule has 0 saturated carbocycles. The Bertz CT molecular complexity index is 1270. The molecule has 4 N–H and O–H groups in total. The highest BCUT2D eigenvalue weighted by Gasteiger charge is 2.39. The number of carbonyl (C=O) groups is 3. The van der Waals surface area contributed by atoms with Crippen molar-refractivity contribution < 1.29 is 19.5 Å². The Balaban J connectivity index is 1.70. The van der Waals surface area contributed by atoms with Crippen molar-refractivity contribution in [3.05, 3.63) is 83.9 Å². The van der Waals surface area contributed by atoms with Gasteiger partial charge >= 0.3 is 0 Å². The largest absolute Gasteiger partial charge is 0.398 e. The maximum Gasteiger partial charge on any atom is 0.256 e. The lowest BCUT2D eigenvalue weighted by Crippen LogP contribution is -2.54. The van der Waals surface area contributed by atoms with Gasteiger partial charge in [0.1, 0.15) is 6.04 Å². The summed E-state index contributed by atoms with van der Waals surface area (Å²) in [4.78, 5) is 41.1. The molecule has 1 aliphatic rings. The Morgan fingerprint density at radius 3 is 2.38 bits per heavy atom. The molecule has 3 amide bonds. The van der Waals surface area contributed by atoms with Crippen LogP contribution in [0.25, 0.3) is 11.1 Å². The average molecular weight is 458 g/mol. The van der Waals surface area contributed by atoms with Crippen LogP contribution in [0.4, 0.5) is 11.4 Å². The molecule has 0 aliphatic carbocycles. The molecule has 174 valence electrons. The summed E-state index contributed by atoms with van der Waals surface area (Å²) < 4.78 is 0. The number of hydrogen-bond acceptors (Lipinski definition) is 5. The molecule has 7 nitrogen and oxygen atoms in total. The van der Waals surface area contributed by atoms with E-state index in [-0.39, 0.29) is 0 Å². The molecule has 0 spiro atoms. The smallest absolute Gasteiger partial charge is 0.256 e. The second-order valence-electron chi connectivity index (χ2n) is 8.70. The van der Waals surface area contributed by atoms with Crippen molar-refractivity contribution in [2.75, 3.05) is 10.6 Å². The highest BCUT2D eigenvalue weighted by molar-refractivity contribution is 6.22. The maximum absolute atomic E-state index is 13.6. The Labute approximate surface area is 198 Å². The first-order valence-electron chi connectivity index (χ1n) is 11.1. The Morgan fingerprint density at radius 1 is 1.03 bits per heavy atom. The molecule has 3 aromatic carbocycles. The minimum absolute atomic E-state index is 0.364. The van der Waals surface area contributed by atoms with Gasteiger partial charge in [-0.3, -0.25) is 14.4 Å². The number of nitrogens with zero attached hydrogens (tertiary/aromatic N) is 1. The van der Waals surface area contributed by atoms with E-state index in [4.69, 9.17) is 5.73 Å². The molecule has 0 radical (unpaired) electrons. The highest BCUT2D eigenvalue weighted by atomic mass is 16.3. The number of rotatable bonds is 4. The van der Waals surface area contributed by atoms with Gasteiger partial charge in [-0.1, -0.05) is 60.7 Å². The van der Waals surface area contributed by atoms with E-state index >= 15 is 0 Å². The van der Waals surface area contributed by atoms with Gasteiger partial charge in [-0.25, -0.2) is 4.90 Å². The summed E-state index contributed by atoms with van der Waals surface area (Å²) in [6, 6.07) is 19.9. The fraction of sp³-hybridized carbons (Fsp3) is 0.222. The molecule has 1 aliphatic heterocycles. The van der Waals surface area contributed by atoms with E-state index in [1.54, 1.807) is 55.5 Å². The van der Waals surface area contributed by atoms with E-state index < -0.39 is 35.3 Å². The number of nitrogens with two attached hydrogens (primary N) is 1. The summed E-state index contributed by atoms with van der Waals surface area (Å²) in [7, 11) is 0. The normalized spacial score (nSPS) is 17.6. The summed E-state index contributed by atoms with van der Waals surface area (Å²) in [6.07, 6.45) is 0. The monoisotopic (exact) mass is 457 g/mol. The second kappa shape index (κ2) is 8.76. The quantitative estimate of drug-likeness (QED) is 0.520. The molecule has 7 heteroatoms. The zero-order valence-electron chi connectivity index (χ0n) is 19.3. The third-order valence-electron chi connectivity index (χ3n) is 6.32. The van der Waals surface area contributed by atoms with E-state index in [1.807, 2.05) is 24.3 Å². The Kier molecular flexibility index (Phi) is 5.98. The van der Waals surface area contributed by atoms with Crippen LogP contribution < -0.4 is 16.0 Å². The summed E-state index contributed by atoms with van der Waals surface area (Å²) in [6.45, 7) is 4.59. The summed E-state index contributed by atoms with van der Waals surface area (Å²) >= 11 is 0. The number of nitrogen functional groups attached to an aromatic ring is 1. The molecule has 3 aromatic rings. The number of benzene rings is 3. The summed E-state index contributed by atoms with van der Waals surface area (Å²) in [5, 5.41) is 13.4. The molecule has 1 unspecified atom stereocenters. The molecule has 0 bridgehead atoms. The van der Waals surface area contributed by atoms with Crippen LogP contribution in [-0.2, 0) is 20.0 Å². The lowest BCUT2D eigenvalue weighted by atomic mass is 9.92. The zero-order chi connectivity index (χ0) is 24.6. The van der Waals surface area contributed by atoms with Gasteiger partial charge in [-0.15, -0.1) is 0 Å². The van der Waals surface area contributed by atoms with E-state index in [2.05, 4.69) is 5.32 Å². The lowest BCUT2D eigenvalue weighted by Gasteiger charge is -2.29. The van der Waals surface area contributed by atoms with Crippen molar-refractivity contribution in [3.63, 3.8) is 0 Å². The minimum Gasteiger partial charge on any atom is -0.398 e. The van der Waals surface area contributed by atoms with Crippen LogP contribution in [0, 0.1) is 0 Å². The van der Waals surface area contributed by atoms with Gasteiger partial charge in [0.15, 0.2) is 5.60 Å². The number of amides is 3. The second-order valence-corrected chi connectivity index (χ2v) is 8.70. The molecule has 34 heavy (non-hydrogen) atoms. The summed E-state index contributed by atoms with van der Waals surface area (Å²) in [5.41, 5.74) is 7.79. The van der Waals surface area contributed by atoms with E-state index in [9.17, 15) is 19.5 Å². The molecule has 1 heterocycles. The standard InChI is InChI=1S/C27H27N3O4/c1-16-19-12-7-8-13-20(19)23-21(28)14-9-15-22(23)30(24(16)31)25(32)17(2)29-26(33)27(3,34)18-10-5-4-6-11-18/h4-17,34H,28H2,1-3H3,(H,29,33)/t16?,17-,27+/m0/s1. The third-order valence-corrected chi connectivity index (χ3v) is 6.32. The number of imide groups is 1. The van der Waals surface area contributed by atoms with Crippen LogP contribution in [-0.4, -0.2) is 28.9 Å². The third kappa shape index (κ3) is 3.84. The fourth-order valence-electron chi connectivity index (χ4n) is 4.30. The molecule has 0 fully saturated rings. The molecule has 4 rings (SSSR count). The SMILES string of the molecule is CC1C(=O)N(C(=O)[C@H](C)NC(=O)[C@](C)(O)c2ccccc2)c2cccc(N)c2-c2ccccc21. The molecule has 0 aromatic heterocycles. The lowest BCUT2D eigenvalue weighted by molar-refractivity contribution is -0.142. The van der Waals surface area contributed by atoms with Gasteiger partial charge in [-0.05, 0) is 49.6 Å². The van der Waals surface area contributed by atoms with Crippen LogP contribution in [0.2, 0.25) is 0 Å². The van der Waals surface area contributed by atoms with Gasteiger partial charge in [-0.2, -0.15) is 0 Å². The molecule has 3 atom stereocenters. The van der Waals surface area contributed by atoms with Crippen LogP contribution >= 0.6 is 0 Å². The van der Waals surface area contributed by atoms with Crippen LogP contribution in [0.15, 0.2) is 72.8 Å². The number of aliphatic hydroxyl groups is 1. The first-order valence-corrected chi connectivity index (χ1v) is 11.1. The first kappa shape index (κ1) is 23.2. The Hall–Kier alpha value is -3.97. The fourth-order valence-corrected chi connectivity index (χ4v) is 4.30. The van der Waals surface area contributed by atoms with E-state index in [0.29, 0.717) is 22.5 Å². The van der Waals surface area contributed by atoms with Crippen molar-refractivity contribution >= 4 is 29.1 Å². The maximum atomic E-state index is 13.6. The number of fused-ring (bicyclic) bond motifs is 3. The topological polar surface area (TPSA) is 113 Å². The van der Waals surface area contributed by atoms with Crippen molar-refractivity contribution in [2.24, 2.45) is 0 Å². The van der Waals surface area contributed by atoms with Gasteiger partial charge in [0.25, 0.3) is 11.8 Å². The predicted molar refractivity (Wildman–Crippen MR) is 131 cm³/mol. The number of carbonyl (C=O) groups excluding carboxylic acids is 3. The van der Waals surface area contributed by atoms with Crippen molar-refractivity contribution in [2.45, 2.75) is 38.3 Å². The minimum atomic E-state index is -1.86. The number of hydrogen-bond donors (Lipinski definition) is 3. The average Bonchev–Trinajstić information content (AvgIpc) is 2.93. The van der Waals surface area contributed by atoms with Gasteiger partial charge in [0, 0.05) is 11.3 Å². The Morgan fingerprint density at radius 2 is 1.68 bits per heavy atom. The van der Waals surface area contributed by atoms with Crippen LogP contribution in [0.3, 0.4) is 0 Å². The van der Waals surface area contributed by atoms with E-state index in [0.717, 1.165) is 16.0 Å². The number of nitrogens with one attached hydrogen (secondary N) is 1. The van der Waals surface area contributed by atoms with Crippen LogP contribution in [0.5, 0.6) is 0 Å². The van der Waals surface area contributed by atoms with Crippen LogP contribution in [0.1, 0.15) is 37.8 Å². The van der Waals surface area contributed by atoms with Crippen molar-refractivity contribution in [3.8, 4) is 11.1 Å². The zero-order valence-corrected chi connectivity index (χ0v) is 19.3. The van der Waals surface area contributed by atoms with E-state index in [1.165, 1.54) is 13.8 Å². The van der Waals surface area contributed by atoms with Gasteiger partial charge in [0.2, 0.25) is 5.91 Å². The van der Waals surface area contributed by atoms with Crippen molar-refractivity contribution in [1.29, 1.82) is 0 Å². The van der Waals surface area contributed by atoms with Gasteiger partial charge < -0.3 is 16.2 Å². The first-order chi connectivity index (χ1) is 16.1.